The van der Waals surface area contributed by atoms with Crippen LogP contribution >= 0.6 is 11.5 Å². The lowest BCUT2D eigenvalue weighted by atomic mass is 10.2. The normalized spacial score (nSPS) is 18.9. The molecule has 0 spiro atoms. The Bertz CT molecular complexity index is 567. The number of hydrogen-bond acceptors (Lipinski definition) is 6. The van der Waals surface area contributed by atoms with Crippen molar-refractivity contribution in [2.24, 2.45) is 0 Å². The van der Waals surface area contributed by atoms with Crippen molar-refractivity contribution in [3.05, 3.63) is 24.0 Å². The Kier molecular flexibility index (Phi) is 3.98. The maximum atomic E-state index is 5.08. The third kappa shape index (κ3) is 2.69. The van der Waals surface area contributed by atoms with E-state index in [4.69, 9.17) is 4.74 Å². The summed E-state index contributed by atoms with van der Waals surface area (Å²) in [6, 6.07) is 0.478. The van der Waals surface area contributed by atoms with E-state index in [0.717, 1.165) is 29.9 Å². The SMILES string of the molecule is COCc1nsc(N2CCCC2Cn2ccnc2C)n1. The van der Waals surface area contributed by atoms with Crippen LogP contribution in [0.5, 0.6) is 0 Å². The lowest BCUT2D eigenvalue weighted by Crippen LogP contribution is -2.33. The molecular formula is C13H19N5OS. The van der Waals surface area contributed by atoms with E-state index in [-0.39, 0.29) is 0 Å². The smallest absolute Gasteiger partial charge is 0.205 e. The molecule has 1 saturated heterocycles. The standard InChI is InChI=1S/C13H19N5OS/c1-10-14-5-7-17(10)8-11-4-3-6-18(11)13-15-12(9-19-2)16-20-13/h5,7,11H,3-4,6,8-9H2,1-2H3. The molecule has 1 unspecified atom stereocenters. The quantitative estimate of drug-likeness (QED) is 0.842. The Balaban J connectivity index is 1.73. The third-order valence-corrected chi connectivity index (χ3v) is 4.48. The van der Waals surface area contributed by atoms with Crippen LogP contribution in [0.25, 0.3) is 0 Å². The van der Waals surface area contributed by atoms with Gasteiger partial charge in [0.2, 0.25) is 5.13 Å². The van der Waals surface area contributed by atoms with Crippen molar-refractivity contribution < 1.29 is 4.74 Å². The number of aryl methyl sites for hydroxylation is 1. The van der Waals surface area contributed by atoms with Crippen molar-refractivity contribution in [2.45, 2.75) is 39.0 Å². The molecule has 7 heteroatoms. The second kappa shape index (κ2) is 5.88. The van der Waals surface area contributed by atoms with E-state index in [2.05, 4.69) is 23.8 Å². The molecule has 108 valence electrons. The minimum absolute atomic E-state index is 0.478. The van der Waals surface area contributed by atoms with Crippen LogP contribution in [0.2, 0.25) is 0 Å². The molecule has 1 fully saturated rings. The maximum Gasteiger partial charge on any atom is 0.205 e. The number of methoxy groups -OCH3 is 1. The molecule has 1 aliphatic rings. The number of ether oxygens (including phenoxy) is 1. The van der Waals surface area contributed by atoms with Crippen LogP contribution in [0.4, 0.5) is 5.13 Å². The summed E-state index contributed by atoms with van der Waals surface area (Å²) in [5.74, 6) is 1.84. The number of hydrogen-bond donors (Lipinski definition) is 0. The van der Waals surface area contributed by atoms with Crippen molar-refractivity contribution >= 4 is 16.7 Å². The highest BCUT2D eigenvalue weighted by atomic mass is 32.1. The minimum atomic E-state index is 0.478. The van der Waals surface area contributed by atoms with E-state index in [1.54, 1.807) is 7.11 Å². The first-order valence-electron chi connectivity index (χ1n) is 6.84. The summed E-state index contributed by atoms with van der Waals surface area (Å²) in [7, 11) is 1.67. The molecule has 0 bridgehead atoms. The van der Waals surface area contributed by atoms with Crippen molar-refractivity contribution in [1.82, 2.24) is 18.9 Å². The molecule has 2 aromatic heterocycles. The van der Waals surface area contributed by atoms with Gasteiger partial charge in [-0.1, -0.05) is 0 Å². The summed E-state index contributed by atoms with van der Waals surface area (Å²) in [6.07, 6.45) is 6.30. The number of aromatic nitrogens is 4. The predicted molar refractivity (Wildman–Crippen MR) is 78.0 cm³/mol. The zero-order valence-electron chi connectivity index (χ0n) is 11.8. The summed E-state index contributed by atoms with van der Waals surface area (Å²) in [6.45, 7) is 4.54. The molecule has 0 amide bonds. The molecule has 3 rings (SSSR count). The van der Waals surface area contributed by atoms with E-state index in [9.17, 15) is 0 Å². The van der Waals surface area contributed by atoms with Crippen molar-refractivity contribution in [3.8, 4) is 0 Å². The average Bonchev–Trinajstić information content (AvgIpc) is 3.13. The molecule has 0 aliphatic carbocycles. The van der Waals surface area contributed by atoms with Gasteiger partial charge >= 0.3 is 0 Å². The first kappa shape index (κ1) is 13.5. The molecule has 1 atom stereocenters. The Morgan fingerprint density at radius 3 is 3.15 bits per heavy atom. The van der Waals surface area contributed by atoms with Crippen LogP contribution in [0.15, 0.2) is 12.4 Å². The lowest BCUT2D eigenvalue weighted by Gasteiger charge is -2.24. The average molecular weight is 293 g/mol. The fourth-order valence-corrected chi connectivity index (χ4v) is 3.42. The van der Waals surface area contributed by atoms with Gasteiger partial charge in [-0.15, -0.1) is 0 Å². The van der Waals surface area contributed by atoms with Crippen LogP contribution in [0, 0.1) is 6.92 Å². The molecule has 0 saturated carbocycles. The summed E-state index contributed by atoms with van der Waals surface area (Å²) < 4.78 is 11.6. The third-order valence-electron chi connectivity index (χ3n) is 3.68. The van der Waals surface area contributed by atoms with Crippen LogP contribution in [-0.4, -0.2) is 38.6 Å². The fraction of sp³-hybridized carbons (Fsp3) is 0.615. The van der Waals surface area contributed by atoms with Crippen LogP contribution in [-0.2, 0) is 17.9 Å². The summed E-state index contributed by atoms with van der Waals surface area (Å²) in [4.78, 5) is 11.2. The molecule has 0 N–H and O–H groups in total. The summed E-state index contributed by atoms with van der Waals surface area (Å²) in [5, 5.41) is 1.01. The molecule has 20 heavy (non-hydrogen) atoms. The van der Waals surface area contributed by atoms with Crippen LogP contribution in [0.1, 0.15) is 24.5 Å². The van der Waals surface area contributed by atoms with Crippen molar-refractivity contribution in [2.75, 3.05) is 18.6 Å². The molecule has 3 heterocycles. The van der Waals surface area contributed by atoms with Gasteiger partial charge in [-0.05, 0) is 19.8 Å². The van der Waals surface area contributed by atoms with Crippen LogP contribution < -0.4 is 4.90 Å². The number of imidazole rings is 1. The fourth-order valence-electron chi connectivity index (χ4n) is 2.65. The van der Waals surface area contributed by atoms with E-state index < -0.39 is 0 Å². The van der Waals surface area contributed by atoms with E-state index in [1.807, 2.05) is 19.3 Å². The lowest BCUT2D eigenvalue weighted by molar-refractivity contribution is 0.179. The zero-order valence-corrected chi connectivity index (χ0v) is 12.6. The van der Waals surface area contributed by atoms with Crippen molar-refractivity contribution in [1.29, 1.82) is 0 Å². The molecule has 2 aromatic rings. The van der Waals surface area contributed by atoms with Gasteiger partial charge in [0.05, 0.1) is 0 Å². The van der Waals surface area contributed by atoms with Crippen LogP contribution in [0.3, 0.4) is 0 Å². The second-order valence-electron chi connectivity index (χ2n) is 5.04. The summed E-state index contributed by atoms with van der Waals surface area (Å²) in [5.41, 5.74) is 0. The molecule has 0 radical (unpaired) electrons. The van der Waals surface area contributed by atoms with Gasteiger partial charge in [0, 0.05) is 50.2 Å². The molecular weight excluding hydrogens is 274 g/mol. The monoisotopic (exact) mass is 293 g/mol. The Morgan fingerprint density at radius 1 is 1.50 bits per heavy atom. The second-order valence-corrected chi connectivity index (χ2v) is 5.77. The molecule has 0 aromatic carbocycles. The Labute approximate surface area is 122 Å². The maximum absolute atomic E-state index is 5.08. The van der Waals surface area contributed by atoms with Gasteiger partial charge in [-0.3, -0.25) is 0 Å². The first-order chi connectivity index (χ1) is 9.78. The van der Waals surface area contributed by atoms with Gasteiger partial charge < -0.3 is 14.2 Å². The largest absolute Gasteiger partial charge is 0.377 e. The predicted octanol–water partition coefficient (Wildman–Crippen LogP) is 1.86. The van der Waals surface area contributed by atoms with Gasteiger partial charge in [0.1, 0.15) is 12.4 Å². The molecule has 6 nitrogen and oxygen atoms in total. The van der Waals surface area contributed by atoms with E-state index in [0.29, 0.717) is 12.6 Å². The topological polar surface area (TPSA) is 56.1 Å². The number of nitrogens with zero attached hydrogens (tertiary/aromatic N) is 5. The minimum Gasteiger partial charge on any atom is -0.377 e. The van der Waals surface area contributed by atoms with Gasteiger partial charge in [0.25, 0.3) is 0 Å². The zero-order chi connectivity index (χ0) is 13.9. The first-order valence-corrected chi connectivity index (χ1v) is 7.61. The number of rotatable bonds is 5. The highest BCUT2D eigenvalue weighted by Crippen LogP contribution is 2.28. The number of anilines is 1. The van der Waals surface area contributed by atoms with E-state index >= 15 is 0 Å². The highest BCUT2D eigenvalue weighted by Gasteiger charge is 2.27. The molecule has 1 aliphatic heterocycles. The van der Waals surface area contributed by atoms with Gasteiger partial charge in [-0.2, -0.15) is 4.37 Å². The van der Waals surface area contributed by atoms with Gasteiger partial charge in [-0.25, -0.2) is 9.97 Å². The Hall–Kier alpha value is -1.47. The summed E-state index contributed by atoms with van der Waals surface area (Å²) >= 11 is 1.47. The van der Waals surface area contributed by atoms with E-state index in [1.165, 1.54) is 24.4 Å². The highest BCUT2D eigenvalue weighted by molar-refractivity contribution is 7.09. The Morgan fingerprint density at radius 2 is 2.40 bits per heavy atom. The van der Waals surface area contributed by atoms with Gasteiger partial charge in [0.15, 0.2) is 5.82 Å². The van der Waals surface area contributed by atoms with Crippen molar-refractivity contribution in [3.63, 3.8) is 0 Å².